The van der Waals surface area contributed by atoms with Crippen molar-refractivity contribution in [2.24, 2.45) is 0 Å². The number of aromatic nitrogens is 2. The summed E-state index contributed by atoms with van der Waals surface area (Å²) in [5.74, 6) is -0.619. The second kappa shape index (κ2) is 10.6. The van der Waals surface area contributed by atoms with Crippen LogP contribution in [0.2, 0.25) is 0 Å². The highest BCUT2D eigenvalue weighted by Crippen LogP contribution is 2.43. The van der Waals surface area contributed by atoms with Gasteiger partial charge in [0.15, 0.2) is 5.82 Å². The maximum absolute atomic E-state index is 9.71. The van der Waals surface area contributed by atoms with Crippen molar-refractivity contribution in [3.63, 3.8) is 0 Å². The van der Waals surface area contributed by atoms with E-state index in [1.54, 1.807) is 0 Å². The van der Waals surface area contributed by atoms with Crippen LogP contribution in [-0.2, 0) is 0 Å². The maximum Gasteiger partial charge on any atom is 0.161 e. The lowest BCUT2D eigenvalue weighted by Crippen LogP contribution is -1.94. The van der Waals surface area contributed by atoms with Gasteiger partial charge in [0.2, 0.25) is 0 Å². The van der Waals surface area contributed by atoms with Gasteiger partial charge in [0, 0.05) is 32.0 Å². The molecule has 0 amide bonds. The predicted molar refractivity (Wildman–Crippen MR) is 211 cm³/mol. The van der Waals surface area contributed by atoms with Gasteiger partial charge in [-0.05, 0) is 73.7 Å². The Hall–Kier alpha value is -6.36. The van der Waals surface area contributed by atoms with Crippen molar-refractivity contribution < 1.29 is 40.1 Å². The fraction of sp³-hybridized carbons (Fsp3) is 0. The summed E-state index contributed by atoms with van der Waals surface area (Å²) in [5.41, 5.74) is -4.44. The summed E-state index contributed by atoms with van der Waals surface area (Å²) in [6, 6.07) is -20.4. The van der Waals surface area contributed by atoms with Crippen molar-refractivity contribution in [3.05, 3.63) is 157 Å². The lowest BCUT2D eigenvalue weighted by atomic mass is 9.92. The highest BCUT2D eigenvalue weighted by atomic mass is 32.1. The molecule has 232 valence electrons. The molecule has 50 heavy (non-hydrogen) atoms. The zero-order chi connectivity index (χ0) is 55.4. The van der Waals surface area contributed by atoms with Gasteiger partial charge in [0.05, 0.1) is 51.6 Å². The van der Waals surface area contributed by atoms with Gasteiger partial charge in [0.25, 0.3) is 0 Å². The van der Waals surface area contributed by atoms with Crippen LogP contribution in [0.25, 0.3) is 108 Å². The average Bonchev–Trinajstić information content (AvgIpc) is 4.12. The molecule has 0 radical (unpaired) electrons. The van der Waals surface area contributed by atoms with E-state index in [1.165, 1.54) is 0 Å². The standard InChI is InChI=1S/C46H26N2OS/c1-2-11-27(12-3-1)43-45-44(36-17-8-9-20-41(36)50-45)48-46(47-43)37-18-10-19-39-42(37)35-24-22-29(26-40(35)49-39)28-21-23-34-32-15-5-4-13-30(32)31-14-6-7-16-33(31)38(34)25-28/h1-26H/i1D,2D,3D,4D,5D,6D,7D,8D,9D,10D,11D,12D,13D,14D,15D,16D,17D,18D,19D,20D,21D,22D,23D,24D,25D,26D. The van der Waals surface area contributed by atoms with Gasteiger partial charge >= 0.3 is 0 Å². The first kappa shape index (κ1) is 12.5. The first-order chi connectivity index (χ1) is 35.6. The molecule has 0 aliphatic heterocycles. The lowest BCUT2D eigenvalue weighted by molar-refractivity contribution is 0.669. The van der Waals surface area contributed by atoms with Crippen molar-refractivity contribution in [3.8, 4) is 33.8 Å². The number of benzene rings is 8. The monoisotopic (exact) mass is 680 g/mol. The summed E-state index contributed by atoms with van der Waals surface area (Å²) in [5, 5.41) is -3.97. The Balaban J connectivity index is 1.30. The molecule has 4 heteroatoms. The topological polar surface area (TPSA) is 38.9 Å². The molecule has 0 atom stereocenters. The second-order valence-electron chi connectivity index (χ2n) is 10.9. The molecule has 8 aromatic carbocycles. The molecule has 0 aliphatic rings. The molecule has 0 unspecified atom stereocenters. The molecule has 11 rings (SSSR count). The van der Waals surface area contributed by atoms with E-state index in [1.807, 2.05) is 0 Å². The maximum atomic E-state index is 9.71. The van der Waals surface area contributed by atoms with E-state index in [4.69, 9.17) is 30.5 Å². The highest BCUT2D eigenvalue weighted by molar-refractivity contribution is 7.26. The Labute approximate surface area is 327 Å². The zero-order valence-electron chi connectivity index (χ0n) is 50.7. The smallest absolute Gasteiger partial charge is 0.161 e. The largest absolute Gasteiger partial charge is 0.456 e. The summed E-state index contributed by atoms with van der Waals surface area (Å²) in [7, 11) is 0. The number of hydrogen-bond acceptors (Lipinski definition) is 4. The zero-order valence-corrected chi connectivity index (χ0v) is 25.5. The van der Waals surface area contributed by atoms with Gasteiger partial charge in [-0.25, -0.2) is 9.97 Å². The third kappa shape index (κ3) is 4.03. The van der Waals surface area contributed by atoms with Crippen molar-refractivity contribution in [1.29, 1.82) is 0 Å². The Morgan fingerprint density at radius 3 is 1.84 bits per heavy atom. The van der Waals surface area contributed by atoms with Crippen LogP contribution in [0.4, 0.5) is 0 Å². The van der Waals surface area contributed by atoms with Gasteiger partial charge in [0.1, 0.15) is 11.2 Å². The minimum atomic E-state index is -0.940. The molecule has 0 spiro atoms. The van der Waals surface area contributed by atoms with E-state index in [-0.39, 0.29) is 20.3 Å². The molecule has 11 aromatic rings. The average molecular weight is 681 g/mol. The minimum absolute atomic E-state index is 0.0783. The quantitative estimate of drug-likeness (QED) is 0.174. The van der Waals surface area contributed by atoms with Gasteiger partial charge in [-0.3, -0.25) is 0 Å². The summed E-state index contributed by atoms with van der Waals surface area (Å²) >= 11 is 0.719. The highest BCUT2D eigenvalue weighted by Gasteiger charge is 2.20. The Kier molecular flexibility index (Phi) is 2.64. The summed E-state index contributed by atoms with van der Waals surface area (Å²) < 4.78 is 237. The van der Waals surface area contributed by atoms with Crippen LogP contribution in [0.15, 0.2) is 162 Å². The van der Waals surface area contributed by atoms with Crippen molar-refractivity contribution >= 4 is 85.9 Å². The third-order valence-corrected chi connectivity index (χ3v) is 9.28. The normalized spacial score (nSPS) is 19.3. The molecule has 3 heterocycles. The number of rotatable bonds is 3. The van der Waals surface area contributed by atoms with Gasteiger partial charge < -0.3 is 4.42 Å². The van der Waals surface area contributed by atoms with E-state index < -0.39 is 245 Å². The van der Waals surface area contributed by atoms with E-state index in [2.05, 4.69) is 9.97 Å². The molecule has 0 saturated heterocycles. The SMILES string of the molecule is [2H]c1c([2H])c([2H])c(-c2nc(-c3c([2H])c([2H])c([2H])c4oc5c([2H])c(-c6c([2H])c([2H])c7c8c([2H])c([2H])c([2H])c([2H])c8c8c([2H])c([2H])c([2H])c([2H])c8c7c6[2H])c([2H])c([2H])c5c34)nc3c2sc2c([2H])c([2H])c([2H])c([2H])c23)c([2H])c1[2H]. The Bertz CT molecular complexity index is 4590. The first-order valence-electron chi connectivity index (χ1n) is 27.7. The molecule has 0 saturated carbocycles. The number of thiophene rings is 1. The third-order valence-electron chi connectivity index (χ3n) is 8.18. The molecule has 0 bridgehead atoms. The molecular formula is C46H26N2OS. The summed E-state index contributed by atoms with van der Waals surface area (Å²) in [6.45, 7) is 0. The molecule has 3 nitrogen and oxygen atoms in total. The van der Waals surface area contributed by atoms with Crippen LogP contribution in [0.3, 0.4) is 0 Å². The van der Waals surface area contributed by atoms with E-state index >= 15 is 0 Å². The predicted octanol–water partition coefficient (Wildman–Crippen LogP) is 13.2. The molecule has 0 N–H and O–H groups in total. The van der Waals surface area contributed by atoms with E-state index in [0.717, 1.165) is 11.3 Å². The number of hydrogen-bond donors (Lipinski definition) is 0. The minimum Gasteiger partial charge on any atom is -0.456 e. The lowest BCUT2D eigenvalue weighted by Gasteiger charge is -2.12. The number of furan rings is 1. The summed E-state index contributed by atoms with van der Waals surface area (Å²) in [4.78, 5) is 9.26. The fourth-order valence-electron chi connectivity index (χ4n) is 6.03. The number of fused-ring (bicyclic) bond motifs is 12. The molecular weight excluding hydrogens is 629 g/mol. The van der Waals surface area contributed by atoms with Gasteiger partial charge in [-0.1, -0.05) is 127 Å². The van der Waals surface area contributed by atoms with Crippen molar-refractivity contribution in [2.75, 3.05) is 0 Å². The first-order valence-corrected chi connectivity index (χ1v) is 15.5. The van der Waals surface area contributed by atoms with Gasteiger partial charge in [-0.15, -0.1) is 11.3 Å². The molecule has 0 fully saturated rings. The molecule has 0 aliphatic carbocycles. The van der Waals surface area contributed by atoms with Crippen molar-refractivity contribution in [2.45, 2.75) is 0 Å². The van der Waals surface area contributed by atoms with Crippen molar-refractivity contribution in [1.82, 2.24) is 9.97 Å². The Morgan fingerprint density at radius 1 is 0.460 bits per heavy atom. The number of nitrogens with zero attached hydrogens (tertiary/aromatic N) is 2. The van der Waals surface area contributed by atoms with Crippen LogP contribution in [0.1, 0.15) is 35.6 Å². The second-order valence-corrected chi connectivity index (χ2v) is 11.9. The van der Waals surface area contributed by atoms with E-state index in [0.29, 0.717) is 0 Å². The Morgan fingerprint density at radius 2 is 1.08 bits per heavy atom. The van der Waals surface area contributed by atoms with Crippen LogP contribution in [0, 0.1) is 0 Å². The van der Waals surface area contributed by atoms with Gasteiger partial charge in [-0.2, -0.15) is 0 Å². The van der Waals surface area contributed by atoms with Crippen LogP contribution in [-0.4, -0.2) is 9.97 Å². The van der Waals surface area contributed by atoms with Crippen LogP contribution in [0.5, 0.6) is 0 Å². The van der Waals surface area contributed by atoms with E-state index in [9.17, 15) is 9.60 Å². The van der Waals surface area contributed by atoms with Crippen LogP contribution < -0.4 is 0 Å². The fourth-order valence-corrected chi connectivity index (χ4v) is 7.08. The van der Waals surface area contributed by atoms with Crippen LogP contribution >= 0.6 is 11.3 Å². The molecule has 3 aromatic heterocycles. The summed E-state index contributed by atoms with van der Waals surface area (Å²) in [6.07, 6.45) is 0.